The number of anilines is 1. The first-order chi connectivity index (χ1) is 14.8. The monoisotopic (exact) mass is 434 g/mol. The Morgan fingerprint density at radius 2 is 1.84 bits per heavy atom. The van der Waals surface area contributed by atoms with Gasteiger partial charge in [0.1, 0.15) is 11.6 Å². The maximum absolute atomic E-state index is 12.4. The van der Waals surface area contributed by atoms with E-state index in [1.54, 1.807) is 43.7 Å². The van der Waals surface area contributed by atoms with E-state index in [1.807, 2.05) is 6.07 Å². The highest BCUT2D eigenvalue weighted by Crippen LogP contribution is 2.27. The van der Waals surface area contributed by atoms with Crippen molar-refractivity contribution in [3.63, 3.8) is 0 Å². The van der Waals surface area contributed by atoms with Gasteiger partial charge in [-0.15, -0.1) is 11.3 Å². The van der Waals surface area contributed by atoms with Gasteiger partial charge < -0.3 is 15.1 Å². The van der Waals surface area contributed by atoms with Gasteiger partial charge in [-0.1, -0.05) is 18.2 Å². The molecule has 8 nitrogen and oxygen atoms in total. The largest absolute Gasteiger partial charge is 0.504 e. The van der Waals surface area contributed by atoms with Crippen LogP contribution in [-0.4, -0.2) is 46.0 Å². The molecule has 1 aromatic heterocycles. The topological polar surface area (TPSA) is 127 Å². The number of rotatable bonds is 5. The lowest BCUT2D eigenvalue weighted by Gasteiger charge is -2.10. The Morgan fingerprint density at radius 3 is 2.45 bits per heavy atom. The summed E-state index contributed by atoms with van der Waals surface area (Å²) in [5.74, 6) is -1.40. The quantitative estimate of drug-likeness (QED) is 0.321. The number of phenols is 2. The first-order valence-corrected chi connectivity index (χ1v) is 9.89. The molecule has 0 radical (unpaired) electrons. The molecule has 0 saturated heterocycles. The molecule has 0 fully saturated rings. The summed E-state index contributed by atoms with van der Waals surface area (Å²) in [6.45, 7) is 0. The van der Waals surface area contributed by atoms with Gasteiger partial charge in [0.15, 0.2) is 16.6 Å². The Hall–Kier alpha value is -4.16. The highest BCUT2D eigenvalue weighted by atomic mass is 32.1. The average Bonchev–Trinajstić information content (AvgIpc) is 3.22. The number of nitrogens with one attached hydrogen (secondary N) is 1. The van der Waals surface area contributed by atoms with Crippen LogP contribution in [0.4, 0.5) is 5.13 Å². The molecule has 3 aromatic rings. The van der Waals surface area contributed by atoms with E-state index in [1.165, 1.54) is 40.5 Å². The van der Waals surface area contributed by atoms with E-state index in [-0.39, 0.29) is 23.0 Å². The molecule has 156 valence electrons. The minimum Gasteiger partial charge on any atom is -0.504 e. The molecule has 9 heteroatoms. The van der Waals surface area contributed by atoms with Gasteiger partial charge >= 0.3 is 0 Å². The van der Waals surface area contributed by atoms with Gasteiger partial charge in [0, 0.05) is 30.6 Å². The van der Waals surface area contributed by atoms with E-state index < -0.39 is 5.91 Å². The maximum atomic E-state index is 12.4. The summed E-state index contributed by atoms with van der Waals surface area (Å²) < 4.78 is 0. The van der Waals surface area contributed by atoms with E-state index in [2.05, 4.69) is 10.3 Å². The molecule has 0 unspecified atom stereocenters. The Bertz CT molecular complexity index is 1210. The van der Waals surface area contributed by atoms with Gasteiger partial charge in [-0.3, -0.25) is 14.9 Å². The third kappa shape index (κ3) is 5.07. The number of carbonyl (C=O) groups is 2. The normalized spacial score (nSPS) is 10.9. The first kappa shape index (κ1) is 21.5. The summed E-state index contributed by atoms with van der Waals surface area (Å²) in [5, 5.41) is 32.9. The number of phenolic OH excluding ortho intramolecular Hbond substituents is 2. The van der Waals surface area contributed by atoms with E-state index in [9.17, 15) is 25.1 Å². The Labute approximate surface area is 182 Å². The summed E-state index contributed by atoms with van der Waals surface area (Å²) in [7, 11) is 3.36. The molecule has 31 heavy (non-hydrogen) atoms. The predicted molar refractivity (Wildman–Crippen MR) is 118 cm³/mol. The Kier molecular flexibility index (Phi) is 6.33. The molecule has 3 N–H and O–H groups in total. The van der Waals surface area contributed by atoms with Gasteiger partial charge in [-0.05, 0) is 35.9 Å². The highest BCUT2D eigenvalue weighted by Gasteiger charge is 2.14. The van der Waals surface area contributed by atoms with Crippen molar-refractivity contribution in [3.05, 3.63) is 64.5 Å². The Balaban J connectivity index is 1.74. The van der Waals surface area contributed by atoms with Gasteiger partial charge in [0.05, 0.1) is 5.69 Å². The SMILES string of the molecule is CN(C)C(=O)c1ccc(-c2csc(NC(=O)/C(C#N)=C/c3ccc(O)c(O)c3)n2)cc1. The lowest BCUT2D eigenvalue weighted by atomic mass is 10.1. The summed E-state index contributed by atoms with van der Waals surface area (Å²) >= 11 is 1.20. The van der Waals surface area contributed by atoms with Crippen molar-refractivity contribution in [3.8, 4) is 28.8 Å². The number of amides is 2. The van der Waals surface area contributed by atoms with Crippen LogP contribution in [-0.2, 0) is 4.79 Å². The molecular formula is C22H18N4O4S. The zero-order valence-electron chi connectivity index (χ0n) is 16.7. The molecule has 0 saturated carbocycles. The molecule has 0 spiro atoms. The maximum Gasteiger partial charge on any atom is 0.268 e. The number of nitrogens with zero attached hydrogens (tertiary/aromatic N) is 3. The van der Waals surface area contributed by atoms with Crippen molar-refractivity contribution in [2.45, 2.75) is 0 Å². The minimum atomic E-state index is -0.650. The van der Waals surface area contributed by atoms with Crippen LogP contribution in [0, 0.1) is 11.3 Å². The van der Waals surface area contributed by atoms with Crippen molar-refractivity contribution in [2.75, 3.05) is 19.4 Å². The number of thiazole rings is 1. The lowest BCUT2D eigenvalue weighted by Crippen LogP contribution is -2.21. The highest BCUT2D eigenvalue weighted by molar-refractivity contribution is 7.14. The van der Waals surface area contributed by atoms with Crippen molar-refractivity contribution in [2.24, 2.45) is 0 Å². The third-order valence-corrected chi connectivity index (χ3v) is 4.99. The lowest BCUT2D eigenvalue weighted by molar-refractivity contribution is -0.112. The summed E-state index contributed by atoms with van der Waals surface area (Å²) in [6.07, 6.45) is 1.30. The van der Waals surface area contributed by atoms with Crippen LogP contribution in [0.25, 0.3) is 17.3 Å². The standard InChI is InChI=1S/C22H18N4O4S/c1-26(2)21(30)15-6-4-14(5-7-15)17-12-31-22(24-17)25-20(29)16(11-23)9-13-3-8-18(27)19(28)10-13/h3-10,12,27-28H,1-2H3,(H,24,25,29)/b16-9+. The van der Waals surface area contributed by atoms with E-state index in [4.69, 9.17) is 0 Å². The van der Waals surface area contributed by atoms with Crippen LogP contribution in [0.2, 0.25) is 0 Å². The van der Waals surface area contributed by atoms with Crippen molar-refractivity contribution in [1.82, 2.24) is 9.88 Å². The number of hydrogen-bond acceptors (Lipinski definition) is 7. The van der Waals surface area contributed by atoms with Crippen LogP contribution in [0.1, 0.15) is 15.9 Å². The second kappa shape index (κ2) is 9.11. The fourth-order valence-corrected chi connectivity index (χ4v) is 3.33. The van der Waals surface area contributed by atoms with Crippen molar-refractivity contribution >= 4 is 34.4 Å². The fourth-order valence-electron chi connectivity index (χ4n) is 2.62. The van der Waals surface area contributed by atoms with Gasteiger partial charge in [0.25, 0.3) is 11.8 Å². The molecular weight excluding hydrogens is 416 g/mol. The second-order valence-electron chi connectivity index (χ2n) is 6.69. The molecule has 0 atom stereocenters. The number of aromatic nitrogens is 1. The van der Waals surface area contributed by atoms with Crippen LogP contribution in [0.3, 0.4) is 0 Å². The van der Waals surface area contributed by atoms with E-state index in [0.717, 1.165) is 5.56 Å². The number of carbonyl (C=O) groups excluding carboxylic acids is 2. The van der Waals surface area contributed by atoms with Crippen LogP contribution < -0.4 is 5.32 Å². The molecule has 0 aliphatic heterocycles. The van der Waals surface area contributed by atoms with Crippen molar-refractivity contribution in [1.29, 1.82) is 5.26 Å². The zero-order valence-corrected chi connectivity index (χ0v) is 17.5. The average molecular weight is 434 g/mol. The van der Waals surface area contributed by atoms with Crippen LogP contribution >= 0.6 is 11.3 Å². The minimum absolute atomic E-state index is 0.101. The number of aromatic hydroxyl groups is 2. The molecule has 2 amide bonds. The summed E-state index contributed by atoms with van der Waals surface area (Å²) in [5.41, 5.74) is 2.15. The smallest absolute Gasteiger partial charge is 0.268 e. The summed E-state index contributed by atoms with van der Waals surface area (Å²) in [6, 6.07) is 12.7. The van der Waals surface area contributed by atoms with Crippen LogP contribution in [0.5, 0.6) is 11.5 Å². The van der Waals surface area contributed by atoms with E-state index in [0.29, 0.717) is 22.0 Å². The summed E-state index contributed by atoms with van der Waals surface area (Å²) in [4.78, 5) is 30.3. The molecule has 0 bridgehead atoms. The predicted octanol–water partition coefficient (Wildman–Crippen LogP) is 3.47. The third-order valence-electron chi connectivity index (χ3n) is 4.23. The zero-order chi connectivity index (χ0) is 22.5. The van der Waals surface area contributed by atoms with Gasteiger partial charge in [-0.2, -0.15) is 5.26 Å². The first-order valence-electron chi connectivity index (χ1n) is 9.01. The van der Waals surface area contributed by atoms with E-state index >= 15 is 0 Å². The number of hydrogen-bond donors (Lipinski definition) is 3. The molecule has 3 rings (SSSR count). The second-order valence-corrected chi connectivity index (χ2v) is 7.55. The molecule has 0 aliphatic carbocycles. The fraction of sp³-hybridized carbons (Fsp3) is 0.0909. The Morgan fingerprint density at radius 1 is 1.13 bits per heavy atom. The van der Waals surface area contributed by atoms with Crippen molar-refractivity contribution < 1.29 is 19.8 Å². The number of benzene rings is 2. The van der Waals surface area contributed by atoms with Gasteiger partial charge in [-0.25, -0.2) is 4.98 Å². The van der Waals surface area contributed by atoms with Gasteiger partial charge in [0.2, 0.25) is 0 Å². The molecule has 2 aromatic carbocycles. The van der Waals surface area contributed by atoms with Crippen LogP contribution in [0.15, 0.2) is 53.4 Å². The molecule has 0 aliphatic rings. The molecule has 1 heterocycles. The number of nitriles is 1.